The second-order valence-electron chi connectivity index (χ2n) is 6.18. The molecule has 2 amide bonds. The van der Waals surface area contributed by atoms with Crippen LogP contribution in [-0.2, 0) is 14.3 Å². The molecule has 7 heteroatoms. The van der Waals surface area contributed by atoms with Crippen LogP contribution >= 0.6 is 0 Å². The third-order valence-corrected chi connectivity index (χ3v) is 3.03. The average molecular weight is 302 g/mol. The lowest BCUT2D eigenvalue weighted by Gasteiger charge is -2.27. The molecule has 21 heavy (non-hydrogen) atoms. The van der Waals surface area contributed by atoms with Gasteiger partial charge in [-0.1, -0.05) is 0 Å². The van der Waals surface area contributed by atoms with Crippen molar-refractivity contribution >= 4 is 12.0 Å². The number of carbonyl (C=O) groups is 2. The van der Waals surface area contributed by atoms with Crippen LogP contribution in [-0.4, -0.2) is 66.6 Å². The number of hydrogen-bond acceptors (Lipinski definition) is 5. The monoisotopic (exact) mass is 302 g/mol. The summed E-state index contributed by atoms with van der Waals surface area (Å²) in [4.78, 5) is 25.5. The van der Waals surface area contributed by atoms with Gasteiger partial charge in [0.2, 0.25) is 5.91 Å². The molecule has 7 nitrogen and oxygen atoms in total. The molecule has 0 aliphatic carbocycles. The van der Waals surface area contributed by atoms with Gasteiger partial charge in [0, 0.05) is 26.7 Å². The third kappa shape index (κ3) is 5.89. The van der Waals surface area contributed by atoms with Crippen molar-refractivity contribution in [2.45, 2.75) is 51.4 Å². The van der Waals surface area contributed by atoms with E-state index in [4.69, 9.17) is 9.47 Å². The lowest BCUT2D eigenvalue weighted by Crippen LogP contribution is -2.47. The molecule has 0 aromatic rings. The predicted octanol–water partition coefficient (Wildman–Crippen LogP) is 0.509. The molecule has 2 N–H and O–H groups in total. The highest BCUT2D eigenvalue weighted by atomic mass is 16.6. The van der Waals surface area contributed by atoms with Gasteiger partial charge in [0.1, 0.15) is 11.6 Å². The number of likely N-dealkylation sites (tertiary alicyclic amines) is 1. The highest BCUT2D eigenvalue weighted by Crippen LogP contribution is 2.21. The first-order valence-corrected chi connectivity index (χ1v) is 7.19. The number of aliphatic hydroxyl groups excluding tert-OH is 1. The first-order valence-electron chi connectivity index (χ1n) is 7.19. The smallest absolute Gasteiger partial charge is 0.411 e. The summed E-state index contributed by atoms with van der Waals surface area (Å²) >= 11 is 0. The van der Waals surface area contributed by atoms with Crippen molar-refractivity contribution in [2.24, 2.45) is 0 Å². The maximum atomic E-state index is 12.1. The molecular formula is C14H26N2O5. The molecular weight excluding hydrogens is 276 g/mol. The Labute approximate surface area is 125 Å². The molecule has 0 saturated carbocycles. The highest BCUT2D eigenvalue weighted by molar-refractivity contribution is 5.86. The summed E-state index contributed by atoms with van der Waals surface area (Å²) in [5.41, 5.74) is -0.635. The Morgan fingerprint density at radius 3 is 2.62 bits per heavy atom. The zero-order valence-corrected chi connectivity index (χ0v) is 13.2. The van der Waals surface area contributed by atoms with Crippen LogP contribution in [0.1, 0.15) is 33.6 Å². The summed E-state index contributed by atoms with van der Waals surface area (Å²) in [7, 11) is 1.60. The number of β-amino-alcohol motifs (C(OH)–C–C–N with tert-alkyl or cyclic N) is 1. The number of aliphatic hydroxyl groups is 1. The van der Waals surface area contributed by atoms with E-state index in [-0.39, 0.29) is 18.9 Å². The normalized spacial score (nSPS) is 22.2. The fraction of sp³-hybridized carbons (Fsp3) is 0.857. The lowest BCUT2D eigenvalue weighted by molar-refractivity contribution is -0.125. The molecule has 0 radical (unpaired) electrons. The van der Waals surface area contributed by atoms with E-state index in [9.17, 15) is 14.7 Å². The summed E-state index contributed by atoms with van der Waals surface area (Å²) in [6, 6.07) is -0.683. The minimum absolute atomic E-state index is 0.116. The molecule has 1 rings (SSSR count). The first kappa shape index (κ1) is 17.7. The summed E-state index contributed by atoms with van der Waals surface area (Å²) in [6.07, 6.45) is -0.345. The summed E-state index contributed by atoms with van der Waals surface area (Å²) < 4.78 is 10.2. The first-order chi connectivity index (χ1) is 9.74. The molecule has 1 fully saturated rings. The Hall–Kier alpha value is -1.34. The van der Waals surface area contributed by atoms with Crippen molar-refractivity contribution in [3.8, 4) is 0 Å². The van der Waals surface area contributed by atoms with E-state index >= 15 is 0 Å². The van der Waals surface area contributed by atoms with Crippen LogP contribution < -0.4 is 5.32 Å². The van der Waals surface area contributed by atoms with Crippen LogP contribution in [0.15, 0.2) is 0 Å². The van der Waals surface area contributed by atoms with Gasteiger partial charge in [-0.05, 0) is 27.2 Å². The van der Waals surface area contributed by atoms with Crippen molar-refractivity contribution in [2.75, 3.05) is 26.8 Å². The van der Waals surface area contributed by atoms with E-state index < -0.39 is 23.8 Å². The number of methoxy groups -OCH3 is 1. The average Bonchev–Trinajstić information content (AvgIpc) is 2.75. The summed E-state index contributed by atoms with van der Waals surface area (Å²) in [5, 5.41) is 12.5. The maximum Gasteiger partial charge on any atom is 0.411 e. The molecule has 122 valence electrons. The second kappa shape index (κ2) is 7.61. The number of ether oxygens (including phenoxy) is 2. The molecule has 0 aromatic heterocycles. The number of nitrogens with one attached hydrogen (secondary N) is 1. The largest absolute Gasteiger partial charge is 0.444 e. The van der Waals surface area contributed by atoms with Gasteiger partial charge < -0.3 is 19.9 Å². The van der Waals surface area contributed by atoms with Gasteiger partial charge in [-0.2, -0.15) is 0 Å². The molecule has 1 aliphatic rings. The molecule has 2 atom stereocenters. The predicted molar refractivity (Wildman–Crippen MR) is 76.9 cm³/mol. The highest BCUT2D eigenvalue weighted by Gasteiger charge is 2.40. The van der Waals surface area contributed by atoms with Gasteiger partial charge in [-0.25, -0.2) is 4.79 Å². The van der Waals surface area contributed by atoms with Crippen LogP contribution in [0.5, 0.6) is 0 Å². The minimum atomic E-state index is -0.702. The van der Waals surface area contributed by atoms with Gasteiger partial charge in [-0.15, -0.1) is 0 Å². The van der Waals surface area contributed by atoms with Crippen molar-refractivity contribution in [3.63, 3.8) is 0 Å². The number of rotatable bonds is 5. The van der Waals surface area contributed by atoms with Crippen LogP contribution in [0.2, 0.25) is 0 Å². The Balaban J connectivity index is 2.57. The zero-order valence-electron chi connectivity index (χ0n) is 13.2. The van der Waals surface area contributed by atoms with Crippen LogP contribution in [0, 0.1) is 0 Å². The summed E-state index contributed by atoms with van der Waals surface area (Å²) in [6.45, 7) is 6.43. The van der Waals surface area contributed by atoms with Gasteiger partial charge in [0.25, 0.3) is 0 Å². The van der Waals surface area contributed by atoms with E-state index in [1.165, 1.54) is 4.90 Å². The van der Waals surface area contributed by atoms with E-state index in [2.05, 4.69) is 5.32 Å². The van der Waals surface area contributed by atoms with E-state index in [0.29, 0.717) is 19.6 Å². The lowest BCUT2D eigenvalue weighted by atomic mass is 10.2. The summed E-state index contributed by atoms with van der Waals surface area (Å²) in [5.74, 6) is -0.270. The Morgan fingerprint density at radius 1 is 1.38 bits per heavy atom. The van der Waals surface area contributed by atoms with Gasteiger partial charge in [0.05, 0.1) is 12.6 Å². The van der Waals surface area contributed by atoms with Crippen LogP contribution in [0.3, 0.4) is 0 Å². The third-order valence-electron chi connectivity index (χ3n) is 3.03. The Bertz CT molecular complexity index is 367. The second-order valence-corrected chi connectivity index (χ2v) is 6.18. The van der Waals surface area contributed by atoms with Crippen LogP contribution in [0.4, 0.5) is 4.79 Å². The van der Waals surface area contributed by atoms with Crippen molar-refractivity contribution in [3.05, 3.63) is 0 Å². The number of hydrogen-bond donors (Lipinski definition) is 2. The molecule has 0 unspecified atom stereocenters. The number of amides is 2. The van der Waals surface area contributed by atoms with Crippen LogP contribution in [0.25, 0.3) is 0 Å². The van der Waals surface area contributed by atoms with E-state index in [0.717, 1.165) is 0 Å². The minimum Gasteiger partial charge on any atom is -0.444 e. The zero-order chi connectivity index (χ0) is 16.0. The van der Waals surface area contributed by atoms with E-state index in [1.807, 2.05) is 0 Å². The Morgan fingerprint density at radius 2 is 2.05 bits per heavy atom. The SMILES string of the molecule is COCCCNC(=O)[C@@H]1C[C@@H](O)CN1C(=O)OC(C)(C)C. The van der Waals surface area contributed by atoms with Gasteiger partial charge >= 0.3 is 6.09 Å². The standard InChI is InChI=1S/C14H26N2O5/c1-14(2,3)21-13(19)16-9-10(17)8-11(16)12(18)15-6-5-7-20-4/h10-11,17H,5-9H2,1-4H3,(H,15,18)/t10-,11+/m1/s1. The molecule has 0 aromatic carbocycles. The fourth-order valence-electron chi connectivity index (χ4n) is 2.13. The maximum absolute atomic E-state index is 12.1. The Kier molecular flexibility index (Phi) is 6.42. The van der Waals surface area contributed by atoms with Gasteiger partial charge in [-0.3, -0.25) is 9.69 Å². The van der Waals surface area contributed by atoms with Crippen molar-refractivity contribution < 1.29 is 24.2 Å². The quantitative estimate of drug-likeness (QED) is 0.722. The topological polar surface area (TPSA) is 88.1 Å². The number of carbonyl (C=O) groups excluding carboxylic acids is 2. The molecule has 1 heterocycles. The van der Waals surface area contributed by atoms with Crippen molar-refractivity contribution in [1.82, 2.24) is 10.2 Å². The fourth-order valence-corrected chi connectivity index (χ4v) is 2.13. The van der Waals surface area contributed by atoms with Crippen molar-refractivity contribution in [1.29, 1.82) is 0 Å². The van der Waals surface area contributed by atoms with Gasteiger partial charge in [0.15, 0.2) is 0 Å². The molecule has 1 aliphatic heterocycles. The van der Waals surface area contributed by atoms with E-state index in [1.54, 1.807) is 27.9 Å². The number of nitrogens with zero attached hydrogens (tertiary/aromatic N) is 1. The molecule has 0 spiro atoms. The molecule has 0 bridgehead atoms. The molecule has 1 saturated heterocycles.